The number of epoxide rings is 1. The van der Waals surface area contributed by atoms with Crippen LogP contribution in [0.5, 0.6) is 0 Å². The number of nitrogens with zero attached hydrogens (tertiary/aromatic N) is 1. The molecule has 17 atom stereocenters. The summed E-state index contributed by atoms with van der Waals surface area (Å²) in [6.45, 7) is 4.31. The lowest BCUT2D eigenvalue weighted by Gasteiger charge is -2.50. The van der Waals surface area contributed by atoms with E-state index in [1.165, 1.54) is 10.5 Å². The third-order valence-corrected chi connectivity index (χ3v) is 15.6. The molecule has 17 heteroatoms. The predicted molar refractivity (Wildman–Crippen MR) is 247 cm³/mol. The fraction of sp³-hybridized carbons (Fsp3) is 0.604. The predicted octanol–water partition coefficient (Wildman–Crippen LogP) is 6.88. The first-order valence-corrected chi connectivity index (χ1v) is 25.3. The summed E-state index contributed by atoms with van der Waals surface area (Å²) in [4.78, 5) is 42.2. The van der Waals surface area contributed by atoms with Gasteiger partial charge in [0.2, 0.25) is 0 Å². The van der Waals surface area contributed by atoms with Crippen LogP contribution < -0.4 is 10.6 Å². The van der Waals surface area contributed by atoms with E-state index in [0.29, 0.717) is 19.3 Å². The van der Waals surface area contributed by atoms with Crippen LogP contribution in [0.4, 0.5) is 14.4 Å². The summed E-state index contributed by atoms with van der Waals surface area (Å²) in [7, 11) is 1.67. The van der Waals surface area contributed by atoms with Crippen LogP contribution in [-0.2, 0) is 71.7 Å². The first-order chi connectivity index (χ1) is 34.1. The molecule has 11 rings (SSSR count). The minimum absolute atomic E-state index is 0.00646. The largest absolute Gasteiger partial charge is 0.445 e. The molecule has 2 N–H and O–H groups in total. The Bertz CT molecular complexity index is 2270. The van der Waals surface area contributed by atoms with Crippen LogP contribution >= 0.6 is 0 Å². The molecule has 9 unspecified atom stereocenters. The maximum Gasteiger partial charge on any atom is 0.410 e. The smallest absolute Gasteiger partial charge is 0.410 e. The second-order valence-electron chi connectivity index (χ2n) is 20.4. The van der Waals surface area contributed by atoms with Crippen molar-refractivity contribution in [3.8, 4) is 0 Å². The van der Waals surface area contributed by atoms with Crippen LogP contribution in [0.25, 0.3) is 0 Å². The standard InChI is InChI=1S/C53H65N3O14/c1-30-26-38-43(44-39(56(3)52(59)67-44)48(63-38)68-49-46-40(64-46)31(2)37(62-49)23-22-32-16-8-4-9-17-32)66-47(30)65-41-35(54-50(57)60-28-33-18-10-5-11-19-33)27-36(55-51(58)61-29-34-20-12-6-13-21-34)42-45(41)70-53(69-42)24-14-7-15-25-53/h4-6,8-13,16-21,30-31,35-49H,7,14-15,22-29H2,1-3H3,(H,54,57)(H,55,58)/t30?,31-,35?,36-,37?,38+,39?,40-,41-,42?,43?,44?,45+,46?,47+,48?,49-/m1/s1. The van der Waals surface area contributed by atoms with Gasteiger partial charge in [0, 0.05) is 31.7 Å². The lowest BCUT2D eigenvalue weighted by molar-refractivity contribution is -0.361. The van der Waals surface area contributed by atoms with E-state index in [2.05, 4.69) is 29.7 Å². The highest BCUT2D eigenvalue weighted by atomic mass is 16.8. The maximum atomic E-state index is 13.8. The van der Waals surface area contributed by atoms with Gasteiger partial charge in [-0.1, -0.05) is 111 Å². The molecule has 8 fully saturated rings. The van der Waals surface area contributed by atoms with Crippen LogP contribution in [0.15, 0.2) is 91.0 Å². The van der Waals surface area contributed by atoms with Gasteiger partial charge in [-0.25, -0.2) is 14.4 Å². The van der Waals surface area contributed by atoms with E-state index in [4.69, 9.17) is 52.1 Å². The molecule has 8 aliphatic rings. The Morgan fingerprint density at radius 3 is 1.94 bits per heavy atom. The Labute approximate surface area is 408 Å². The van der Waals surface area contributed by atoms with E-state index < -0.39 is 97.7 Å². The highest BCUT2D eigenvalue weighted by Crippen LogP contribution is 2.49. The number of rotatable bonds is 13. The van der Waals surface area contributed by atoms with Crippen molar-refractivity contribution in [3.63, 3.8) is 0 Å². The molecular weight excluding hydrogens is 903 g/mol. The van der Waals surface area contributed by atoms with Gasteiger partial charge in [-0.3, -0.25) is 4.90 Å². The molecule has 6 aliphatic heterocycles. The summed E-state index contributed by atoms with van der Waals surface area (Å²) >= 11 is 0. The Balaban J connectivity index is 0.815. The van der Waals surface area contributed by atoms with E-state index in [1.807, 2.05) is 85.8 Å². The van der Waals surface area contributed by atoms with Gasteiger partial charge in [-0.05, 0) is 55.2 Å². The second kappa shape index (κ2) is 20.3. The fourth-order valence-electron chi connectivity index (χ4n) is 11.8. The number of carbonyl (C=O) groups is 3. The molecule has 0 radical (unpaired) electrons. The van der Waals surface area contributed by atoms with Gasteiger partial charge in [0.1, 0.15) is 49.8 Å². The van der Waals surface area contributed by atoms with Gasteiger partial charge < -0.3 is 62.7 Å². The lowest BCUT2D eigenvalue weighted by atomic mass is 9.83. The molecule has 6 heterocycles. The fourth-order valence-corrected chi connectivity index (χ4v) is 11.8. The van der Waals surface area contributed by atoms with Crippen molar-refractivity contribution < 1.29 is 66.5 Å². The van der Waals surface area contributed by atoms with Crippen molar-refractivity contribution in [2.24, 2.45) is 11.8 Å². The zero-order valence-corrected chi connectivity index (χ0v) is 39.9. The summed E-state index contributed by atoms with van der Waals surface area (Å²) in [5, 5.41) is 6.14. The number of aryl methyl sites for hydroxylation is 1. The van der Waals surface area contributed by atoms with Gasteiger partial charge in [0.15, 0.2) is 30.8 Å². The maximum absolute atomic E-state index is 13.8. The van der Waals surface area contributed by atoms with E-state index in [0.717, 1.165) is 43.2 Å². The summed E-state index contributed by atoms with van der Waals surface area (Å²) in [5.74, 6) is -0.961. The van der Waals surface area contributed by atoms with E-state index in [1.54, 1.807) is 7.05 Å². The summed E-state index contributed by atoms with van der Waals surface area (Å²) in [6, 6.07) is 27.2. The molecule has 376 valence electrons. The number of amides is 3. The van der Waals surface area contributed by atoms with Crippen molar-refractivity contribution in [1.82, 2.24) is 15.5 Å². The molecule has 2 aliphatic carbocycles. The molecular formula is C53H65N3O14. The van der Waals surface area contributed by atoms with Crippen LogP contribution in [0.3, 0.4) is 0 Å². The molecule has 3 amide bonds. The molecule has 2 saturated carbocycles. The Morgan fingerprint density at radius 1 is 0.643 bits per heavy atom. The molecule has 3 aromatic rings. The number of nitrogens with one attached hydrogen (secondary N) is 2. The Hall–Kier alpha value is -4.85. The molecule has 0 aromatic heterocycles. The van der Waals surface area contributed by atoms with Gasteiger partial charge in [-0.15, -0.1) is 0 Å². The highest BCUT2D eigenvalue weighted by Gasteiger charge is 2.64. The number of fused-ring (bicyclic) bond motifs is 5. The van der Waals surface area contributed by atoms with Crippen LogP contribution in [0.2, 0.25) is 0 Å². The zero-order valence-electron chi connectivity index (χ0n) is 39.9. The molecule has 1 spiro atoms. The van der Waals surface area contributed by atoms with Gasteiger partial charge in [0.05, 0.1) is 30.4 Å². The zero-order chi connectivity index (χ0) is 47.9. The van der Waals surface area contributed by atoms with Crippen molar-refractivity contribution >= 4 is 18.3 Å². The quantitative estimate of drug-likeness (QED) is 0.134. The second-order valence-corrected chi connectivity index (χ2v) is 20.4. The highest BCUT2D eigenvalue weighted by molar-refractivity contribution is 5.71. The van der Waals surface area contributed by atoms with Gasteiger partial charge in [-0.2, -0.15) is 0 Å². The van der Waals surface area contributed by atoms with E-state index in [9.17, 15) is 14.4 Å². The number of carbonyl (C=O) groups excluding carboxylic acids is 3. The number of alkyl carbamates (subject to hydrolysis) is 2. The monoisotopic (exact) mass is 967 g/mol. The molecule has 0 bridgehead atoms. The number of hydrogen-bond acceptors (Lipinski definition) is 14. The summed E-state index contributed by atoms with van der Waals surface area (Å²) in [5.41, 5.74) is 2.91. The summed E-state index contributed by atoms with van der Waals surface area (Å²) < 4.78 is 71.7. The number of benzene rings is 3. The topological polar surface area (TPSA) is 183 Å². The molecule has 70 heavy (non-hydrogen) atoms. The van der Waals surface area contributed by atoms with Gasteiger partial charge in [0.25, 0.3) is 0 Å². The minimum Gasteiger partial charge on any atom is -0.445 e. The van der Waals surface area contributed by atoms with Crippen LogP contribution in [0.1, 0.15) is 81.9 Å². The number of hydrogen-bond donors (Lipinski definition) is 2. The number of ether oxygens (including phenoxy) is 11. The Kier molecular flexibility index (Phi) is 13.8. The van der Waals surface area contributed by atoms with Crippen molar-refractivity contribution in [2.45, 2.75) is 183 Å². The normalized spacial score (nSPS) is 38.0. The van der Waals surface area contributed by atoms with Gasteiger partial charge >= 0.3 is 18.3 Å². The average Bonchev–Trinajstić information content (AvgIpc) is 4.03. The minimum atomic E-state index is -0.897. The molecule has 3 aromatic carbocycles. The van der Waals surface area contributed by atoms with Crippen LogP contribution in [-0.4, -0.2) is 128 Å². The van der Waals surface area contributed by atoms with E-state index in [-0.39, 0.29) is 49.8 Å². The average molecular weight is 968 g/mol. The lowest BCUT2D eigenvalue weighted by Crippen LogP contribution is -2.67. The molecule has 17 nitrogen and oxygen atoms in total. The first kappa shape index (κ1) is 47.5. The van der Waals surface area contributed by atoms with Crippen molar-refractivity contribution in [2.75, 3.05) is 7.05 Å². The van der Waals surface area contributed by atoms with Crippen molar-refractivity contribution in [1.29, 1.82) is 0 Å². The summed E-state index contributed by atoms with van der Waals surface area (Å²) in [6.07, 6.45) is -2.25. The first-order valence-electron chi connectivity index (χ1n) is 25.3. The third-order valence-electron chi connectivity index (χ3n) is 15.6. The van der Waals surface area contributed by atoms with E-state index >= 15 is 0 Å². The number of likely N-dealkylation sites (N-methyl/N-ethyl adjacent to an activating group) is 1. The molecule has 6 saturated heterocycles. The third kappa shape index (κ3) is 10.0. The Morgan fingerprint density at radius 2 is 1.27 bits per heavy atom. The SMILES string of the molecule is CC1C[C@@H]2OC(O[C@H]3OC(CCc4ccccc4)[C@@H](C)[C@H]4OC34)C3C(OC(=O)N3C)C2O[C@@H]1O[C@@H]1C(NC(=O)OCc2ccccc2)C[C@@H](NC(=O)OCc2ccccc2)C2OC3(CCCCC3)O[C@H]21. The van der Waals surface area contributed by atoms with Crippen molar-refractivity contribution in [3.05, 3.63) is 108 Å². The van der Waals surface area contributed by atoms with Crippen LogP contribution in [0, 0.1) is 11.8 Å².